The summed E-state index contributed by atoms with van der Waals surface area (Å²) in [6.07, 6.45) is 0. The lowest BCUT2D eigenvalue weighted by Gasteiger charge is -2.29. The van der Waals surface area contributed by atoms with Gasteiger partial charge in [-0.1, -0.05) is 23.7 Å². The van der Waals surface area contributed by atoms with Crippen LogP contribution >= 0.6 is 11.6 Å². The lowest BCUT2D eigenvalue weighted by molar-refractivity contribution is -0.121. The van der Waals surface area contributed by atoms with Gasteiger partial charge in [-0.25, -0.2) is 4.39 Å². The van der Waals surface area contributed by atoms with E-state index in [0.29, 0.717) is 22.7 Å². The maximum atomic E-state index is 14.0. The highest BCUT2D eigenvalue weighted by Crippen LogP contribution is 2.35. The Kier molecular flexibility index (Phi) is 3.43. The summed E-state index contributed by atoms with van der Waals surface area (Å²) >= 11 is 5.77. The molecule has 1 aliphatic rings. The van der Waals surface area contributed by atoms with Crippen molar-refractivity contribution in [3.8, 4) is 5.75 Å². The van der Waals surface area contributed by atoms with Gasteiger partial charge in [-0.15, -0.1) is 0 Å². The number of nitrogen functional groups attached to an aromatic ring is 1. The zero-order chi connectivity index (χ0) is 15.0. The number of hydrogen-bond acceptors (Lipinski definition) is 3. The van der Waals surface area contributed by atoms with Gasteiger partial charge in [0.05, 0.1) is 17.3 Å². The summed E-state index contributed by atoms with van der Waals surface area (Å²) < 4.78 is 19.4. The predicted octanol–water partition coefficient (Wildman–Crippen LogP) is 2.99. The average molecular weight is 307 g/mol. The normalized spacial score (nSPS) is 13.8. The van der Waals surface area contributed by atoms with Crippen molar-refractivity contribution in [1.29, 1.82) is 0 Å². The molecule has 0 saturated heterocycles. The Morgan fingerprint density at radius 2 is 2.14 bits per heavy atom. The number of benzene rings is 2. The molecule has 0 atom stereocenters. The minimum Gasteiger partial charge on any atom is -0.481 e. The molecule has 0 spiro atoms. The fraction of sp³-hybridized carbons (Fsp3) is 0.133. The summed E-state index contributed by atoms with van der Waals surface area (Å²) in [6, 6.07) is 9.71. The first-order valence-corrected chi connectivity index (χ1v) is 6.69. The van der Waals surface area contributed by atoms with Crippen molar-refractivity contribution in [3.63, 3.8) is 0 Å². The molecule has 2 aromatic carbocycles. The van der Waals surface area contributed by atoms with Crippen molar-refractivity contribution in [2.24, 2.45) is 0 Å². The van der Waals surface area contributed by atoms with E-state index < -0.39 is 5.82 Å². The molecule has 3 rings (SSSR count). The fourth-order valence-electron chi connectivity index (χ4n) is 2.24. The lowest BCUT2D eigenvalue weighted by atomic mass is 10.1. The van der Waals surface area contributed by atoms with Crippen LogP contribution in [0.5, 0.6) is 5.75 Å². The number of amides is 1. The summed E-state index contributed by atoms with van der Waals surface area (Å²) in [5.41, 5.74) is 7.15. The van der Waals surface area contributed by atoms with Crippen LogP contribution in [0.15, 0.2) is 36.4 Å². The first kappa shape index (κ1) is 13.7. The number of fused-ring (bicyclic) bond motifs is 1. The summed E-state index contributed by atoms with van der Waals surface area (Å²) in [7, 11) is 0. The molecule has 108 valence electrons. The van der Waals surface area contributed by atoms with E-state index in [4.69, 9.17) is 22.1 Å². The number of rotatable bonds is 2. The minimum absolute atomic E-state index is 0.0331. The largest absolute Gasteiger partial charge is 0.481 e. The van der Waals surface area contributed by atoms with Gasteiger partial charge in [0, 0.05) is 17.3 Å². The van der Waals surface area contributed by atoms with Crippen LogP contribution in [0.3, 0.4) is 0 Å². The second-order valence-corrected chi connectivity index (χ2v) is 5.12. The van der Waals surface area contributed by atoms with Crippen molar-refractivity contribution in [3.05, 3.63) is 52.8 Å². The molecule has 4 nitrogen and oxygen atoms in total. The van der Waals surface area contributed by atoms with E-state index in [1.807, 2.05) is 0 Å². The third-order valence-electron chi connectivity index (χ3n) is 3.29. The van der Waals surface area contributed by atoms with Gasteiger partial charge in [0.15, 0.2) is 6.61 Å². The number of anilines is 2. The fourth-order valence-corrected chi connectivity index (χ4v) is 2.43. The third-order valence-corrected chi connectivity index (χ3v) is 3.58. The number of nitrogens with two attached hydrogens (primary N) is 1. The highest BCUT2D eigenvalue weighted by Gasteiger charge is 2.26. The van der Waals surface area contributed by atoms with Crippen molar-refractivity contribution in [1.82, 2.24) is 0 Å². The lowest BCUT2D eigenvalue weighted by Crippen LogP contribution is -2.38. The van der Waals surface area contributed by atoms with Crippen molar-refractivity contribution in [2.45, 2.75) is 6.54 Å². The van der Waals surface area contributed by atoms with Crippen LogP contribution < -0.4 is 15.4 Å². The van der Waals surface area contributed by atoms with Gasteiger partial charge in [-0.05, 0) is 18.2 Å². The van der Waals surface area contributed by atoms with Crippen molar-refractivity contribution >= 4 is 28.9 Å². The molecule has 0 saturated carbocycles. The van der Waals surface area contributed by atoms with Crippen molar-refractivity contribution in [2.75, 3.05) is 17.2 Å². The molecule has 1 aliphatic heterocycles. The van der Waals surface area contributed by atoms with Gasteiger partial charge in [0.25, 0.3) is 5.91 Å². The topological polar surface area (TPSA) is 55.6 Å². The summed E-state index contributed by atoms with van der Waals surface area (Å²) in [6.45, 7) is -0.00978. The molecular formula is C15H12ClFN2O2. The van der Waals surface area contributed by atoms with E-state index in [2.05, 4.69) is 0 Å². The first-order valence-electron chi connectivity index (χ1n) is 6.32. The Bertz CT molecular complexity index is 721. The molecule has 0 bridgehead atoms. The molecule has 2 aromatic rings. The number of nitrogens with zero attached hydrogens (tertiary/aromatic N) is 1. The summed E-state index contributed by atoms with van der Waals surface area (Å²) in [5.74, 6) is -0.251. The molecule has 2 N–H and O–H groups in total. The number of halogens is 2. The number of hydrogen-bond donors (Lipinski definition) is 1. The second-order valence-electron chi connectivity index (χ2n) is 4.71. The second kappa shape index (κ2) is 5.26. The molecule has 1 heterocycles. The smallest absolute Gasteiger partial charge is 0.265 e. The maximum absolute atomic E-state index is 14.0. The molecule has 1 amide bonds. The van der Waals surface area contributed by atoms with E-state index in [9.17, 15) is 9.18 Å². The number of carbonyl (C=O) groups is 1. The number of carbonyl (C=O) groups excluding carboxylic acids is 1. The molecule has 0 fully saturated rings. The van der Waals surface area contributed by atoms with Crippen LogP contribution in [0.25, 0.3) is 0 Å². The van der Waals surface area contributed by atoms with E-state index in [1.54, 1.807) is 30.3 Å². The van der Waals surface area contributed by atoms with Gasteiger partial charge in [0.1, 0.15) is 11.6 Å². The SMILES string of the molecule is Nc1ccc2c(c1)OCC(=O)N2Cc1cccc(Cl)c1F. The van der Waals surface area contributed by atoms with E-state index >= 15 is 0 Å². The van der Waals surface area contributed by atoms with Gasteiger partial charge in [0.2, 0.25) is 0 Å². The Labute approximate surface area is 125 Å². The zero-order valence-corrected chi connectivity index (χ0v) is 11.7. The molecule has 0 radical (unpaired) electrons. The molecule has 0 aromatic heterocycles. The quantitative estimate of drug-likeness (QED) is 0.868. The molecule has 6 heteroatoms. The Balaban J connectivity index is 1.99. The van der Waals surface area contributed by atoms with E-state index in [-0.39, 0.29) is 24.1 Å². The molecule has 0 unspecified atom stereocenters. The molecule has 21 heavy (non-hydrogen) atoms. The standard InChI is InChI=1S/C15H12ClFN2O2/c16-11-3-1-2-9(15(11)17)7-19-12-5-4-10(18)6-13(12)21-8-14(19)20/h1-6H,7-8,18H2. The van der Waals surface area contributed by atoms with Crippen LogP contribution in [-0.2, 0) is 11.3 Å². The van der Waals surface area contributed by atoms with Crippen molar-refractivity contribution < 1.29 is 13.9 Å². The summed E-state index contributed by atoms with van der Waals surface area (Å²) in [4.78, 5) is 13.5. The Hall–Kier alpha value is -2.27. The Morgan fingerprint density at radius 1 is 1.33 bits per heavy atom. The van der Waals surface area contributed by atoms with Gasteiger partial charge in [-0.3, -0.25) is 4.79 Å². The van der Waals surface area contributed by atoms with Crippen LogP contribution in [0.2, 0.25) is 5.02 Å². The van der Waals surface area contributed by atoms with Gasteiger partial charge in [-0.2, -0.15) is 0 Å². The van der Waals surface area contributed by atoms with Crippen LogP contribution in [-0.4, -0.2) is 12.5 Å². The molecule has 0 aliphatic carbocycles. The van der Waals surface area contributed by atoms with E-state index in [0.717, 1.165) is 0 Å². The van der Waals surface area contributed by atoms with Crippen LogP contribution in [0.4, 0.5) is 15.8 Å². The third kappa shape index (κ3) is 2.52. The monoisotopic (exact) mass is 306 g/mol. The zero-order valence-electron chi connectivity index (χ0n) is 11.0. The van der Waals surface area contributed by atoms with E-state index in [1.165, 1.54) is 11.0 Å². The predicted molar refractivity (Wildman–Crippen MR) is 78.9 cm³/mol. The highest BCUT2D eigenvalue weighted by molar-refractivity contribution is 6.30. The van der Waals surface area contributed by atoms with Gasteiger partial charge < -0.3 is 15.4 Å². The average Bonchev–Trinajstić information content (AvgIpc) is 2.46. The highest BCUT2D eigenvalue weighted by atomic mass is 35.5. The Morgan fingerprint density at radius 3 is 2.95 bits per heavy atom. The van der Waals surface area contributed by atoms with Crippen LogP contribution in [0, 0.1) is 5.82 Å². The first-order chi connectivity index (χ1) is 10.1. The van der Waals surface area contributed by atoms with Gasteiger partial charge >= 0.3 is 0 Å². The maximum Gasteiger partial charge on any atom is 0.265 e. The van der Waals surface area contributed by atoms with Crippen LogP contribution in [0.1, 0.15) is 5.56 Å². The minimum atomic E-state index is -0.518. The molecular weight excluding hydrogens is 295 g/mol. The number of ether oxygens (including phenoxy) is 1. The summed E-state index contributed by atoms with van der Waals surface area (Å²) in [5, 5.41) is 0.0331.